The van der Waals surface area contributed by atoms with E-state index in [2.05, 4.69) is 16.4 Å². The smallest absolute Gasteiger partial charge is 0.270 e. The first-order chi connectivity index (χ1) is 15.6. The summed E-state index contributed by atoms with van der Waals surface area (Å²) in [6.07, 6.45) is 4.26. The van der Waals surface area contributed by atoms with Crippen LogP contribution < -0.4 is 5.32 Å². The summed E-state index contributed by atoms with van der Waals surface area (Å²) in [5.74, 6) is 0.317. The van der Waals surface area contributed by atoms with Gasteiger partial charge in [0.05, 0.1) is 11.6 Å². The second-order valence-electron chi connectivity index (χ2n) is 8.63. The molecule has 2 N–H and O–H groups in total. The van der Waals surface area contributed by atoms with Crippen LogP contribution in [0.4, 0.5) is 4.39 Å². The van der Waals surface area contributed by atoms with Gasteiger partial charge in [0.1, 0.15) is 11.5 Å². The van der Waals surface area contributed by atoms with E-state index in [4.69, 9.17) is 5.26 Å². The molecule has 5 nitrogen and oxygen atoms in total. The summed E-state index contributed by atoms with van der Waals surface area (Å²) >= 11 is 0. The molecule has 0 bridgehead atoms. The van der Waals surface area contributed by atoms with Crippen molar-refractivity contribution in [3.63, 3.8) is 0 Å². The van der Waals surface area contributed by atoms with Crippen LogP contribution in [0, 0.1) is 23.1 Å². The zero-order chi connectivity index (χ0) is 22.5. The highest BCUT2D eigenvalue weighted by atomic mass is 19.1. The fraction of sp³-hybridized carbons (Fsp3) is 0.385. The minimum absolute atomic E-state index is 0.0205. The van der Waals surface area contributed by atoms with Gasteiger partial charge in [-0.2, -0.15) is 5.26 Å². The maximum absolute atomic E-state index is 13.3. The number of carbonyl (C=O) groups is 1. The van der Waals surface area contributed by atoms with Gasteiger partial charge in [-0.25, -0.2) is 4.39 Å². The number of nitriles is 1. The molecule has 166 valence electrons. The summed E-state index contributed by atoms with van der Waals surface area (Å²) < 4.78 is 13.1. The third-order valence-corrected chi connectivity index (χ3v) is 6.45. The Morgan fingerprint density at radius 2 is 2.03 bits per heavy atom. The van der Waals surface area contributed by atoms with E-state index in [-0.39, 0.29) is 17.8 Å². The Bertz CT molecular complexity index is 1120. The van der Waals surface area contributed by atoms with Gasteiger partial charge in [0.2, 0.25) is 0 Å². The Morgan fingerprint density at radius 1 is 1.22 bits per heavy atom. The quantitative estimate of drug-likeness (QED) is 0.553. The number of aromatic amines is 1. The topological polar surface area (TPSA) is 71.9 Å². The number of nitrogens with zero attached hydrogens (tertiary/aromatic N) is 2. The first-order valence-corrected chi connectivity index (χ1v) is 11.4. The Labute approximate surface area is 188 Å². The van der Waals surface area contributed by atoms with Crippen LogP contribution in [0.3, 0.4) is 0 Å². The van der Waals surface area contributed by atoms with E-state index in [1.54, 1.807) is 6.07 Å². The third-order valence-electron chi connectivity index (χ3n) is 6.45. The monoisotopic (exact) mass is 432 g/mol. The molecule has 0 saturated heterocycles. The van der Waals surface area contributed by atoms with Crippen LogP contribution >= 0.6 is 0 Å². The molecule has 1 fully saturated rings. The number of halogens is 1. The molecule has 1 aromatic heterocycles. The first kappa shape index (κ1) is 22.0. The molecule has 6 heteroatoms. The average Bonchev–Trinajstić information content (AvgIpc) is 3.24. The SMILES string of the molecule is CCN(C(=O)c1cc2cc(C#N)ccc2[nH]1)[C@H]1CCC[C@@H](CNCc2ccc(F)cc2)C1. The number of nitrogens with one attached hydrogen (secondary N) is 2. The Morgan fingerprint density at radius 3 is 2.78 bits per heavy atom. The zero-order valence-electron chi connectivity index (χ0n) is 18.4. The van der Waals surface area contributed by atoms with Gasteiger partial charge in [0, 0.05) is 30.0 Å². The summed E-state index contributed by atoms with van der Waals surface area (Å²) in [6.45, 7) is 4.31. The predicted molar refractivity (Wildman–Crippen MR) is 124 cm³/mol. The Kier molecular flexibility index (Phi) is 6.87. The van der Waals surface area contributed by atoms with E-state index < -0.39 is 0 Å². The van der Waals surface area contributed by atoms with Crippen molar-refractivity contribution in [2.45, 2.75) is 45.2 Å². The summed E-state index contributed by atoms with van der Waals surface area (Å²) in [6, 6.07) is 16.2. The molecular formula is C26H29FN4O. The van der Waals surface area contributed by atoms with Crippen molar-refractivity contribution < 1.29 is 9.18 Å². The number of benzene rings is 2. The standard InChI is InChI=1S/C26H29FN4O/c1-2-31(26(32)25-14-21-12-19(15-28)8-11-24(21)30-25)23-5-3-4-20(13-23)17-29-16-18-6-9-22(27)10-7-18/h6-12,14,20,23,29-30H,2-5,13,16-17H2,1H3/t20-,23+/m1/s1. The third kappa shape index (κ3) is 5.00. The van der Waals surface area contributed by atoms with Gasteiger partial charge < -0.3 is 15.2 Å². The van der Waals surface area contributed by atoms with Crippen LogP contribution in [0.15, 0.2) is 48.5 Å². The highest BCUT2D eigenvalue weighted by molar-refractivity contribution is 5.98. The van der Waals surface area contributed by atoms with Gasteiger partial charge in [-0.1, -0.05) is 18.6 Å². The van der Waals surface area contributed by atoms with Crippen molar-refractivity contribution >= 4 is 16.8 Å². The lowest BCUT2D eigenvalue weighted by Gasteiger charge is -2.37. The van der Waals surface area contributed by atoms with Crippen LogP contribution in [0.2, 0.25) is 0 Å². The van der Waals surface area contributed by atoms with Gasteiger partial charge in [0.25, 0.3) is 5.91 Å². The predicted octanol–water partition coefficient (Wildman–Crippen LogP) is 4.99. The number of hydrogen-bond acceptors (Lipinski definition) is 3. The molecule has 2 atom stereocenters. The average molecular weight is 433 g/mol. The molecular weight excluding hydrogens is 403 g/mol. The highest BCUT2D eigenvalue weighted by Crippen LogP contribution is 2.29. The Balaban J connectivity index is 1.38. The zero-order valence-corrected chi connectivity index (χ0v) is 18.4. The van der Waals surface area contributed by atoms with Crippen LogP contribution in [0.25, 0.3) is 10.9 Å². The van der Waals surface area contributed by atoms with Crippen LogP contribution in [-0.4, -0.2) is 34.9 Å². The molecule has 3 aromatic rings. The lowest BCUT2D eigenvalue weighted by Crippen LogP contribution is -2.44. The van der Waals surface area contributed by atoms with E-state index in [1.807, 2.05) is 42.2 Å². The molecule has 0 aliphatic heterocycles. The molecule has 1 amide bonds. The van der Waals surface area contributed by atoms with Gasteiger partial charge in [-0.05, 0) is 80.6 Å². The second-order valence-corrected chi connectivity index (χ2v) is 8.63. The molecule has 0 unspecified atom stereocenters. The van der Waals surface area contributed by atoms with E-state index >= 15 is 0 Å². The molecule has 32 heavy (non-hydrogen) atoms. The van der Waals surface area contributed by atoms with Crippen molar-refractivity contribution in [1.82, 2.24) is 15.2 Å². The van der Waals surface area contributed by atoms with Crippen molar-refractivity contribution in [3.05, 3.63) is 71.2 Å². The Hall–Kier alpha value is -3.17. The summed E-state index contributed by atoms with van der Waals surface area (Å²) in [5, 5.41) is 13.5. The normalized spacial score (nSPS) is 18.4. The van der Waals surface area contributed by atoms with E-state index in [0.29, 0.717) is 23.7 Å². The minimum atomic E-state index is -0.214. The maximum atomic E-state index is 13.3. The van der Waals surface area contributed by atoms with Crippen molar-refractivity contribution in [1.29, 1.82) is 5.26 Å². The fourth-order valence-electron chi connectivity index (χ4n) is 4.79. The lowest BCUT2D eigenvalue weighted by atomic mass is 9.84. The van der Waals surface area contributed by atoms with Crippen molar-refractivity contribution in [2.24, 2.45) is 5.92 Å². The van der Waals surface area contributed by atoms with Gasteiger partial charge >= 0.3 is 0 Å². The fourth-order valence-corrected chi connectivity index (χ4v) is 4.79. The van der Waals surface area contributed by atoms with Crippen LogP contribution in [0.1, 0.15) is 54.2 Å². The molecule has 0 radical (unpaired) electrons. The number of H-pyrrole nitrogens is 1. The first-order valence-electron chi connectivity index (χ1n) is 11.4. The van der Waals surface area contributed by atoms with Crippen molar-refractivity contribution in [2.75, 3.05) is 13.1 Å². The molecule has 1 saturated carbocycles. The van der Waals surface area contributed by atoms with E-state index in [1.165, 1.54) is 12.1 Å². The largest absolute Gasteiger partial charge is 0.351 e. The van der Waals surface area contributed by atoms with Gasteiger partial charge in [-0.15, -0.1) is 0 Å². The number of rotatable bonds is 7. The number of fused-ring (bicyclic) bond motifs is 1. The van der Waals surface area contributed by atoms with Gasteiger partial charge in [-0.3, -0.25) is 4.79 Å². The number of hydrogen-bond donors (Lipinski definition) is 2. The van der Waals surface area contributed by atoms with Crippen LogP contribution in [-0.2, 0) is 6.54 Å². The lowest BCUT2D eigenvalue weighted by molar-refractivity contribution is 0.0608. The van der Waals surface area contributed by atoms with E-state index in [0.717, 1.165) is 55.2 Å². The van der Waals surface area contributed by atoms with Crippen molar-refractivity contribution in [3.8, 4) is 6.07 Å². The molecule has 2 aromatic carbocycles. The number of amides is 1. The maximum Gasteiger partial charge on any atom is 0.270 e. The number of aromatic nitrogens is 1. The van der Waals surface area contributed by atoms with Crippen LogP contribution in [0.5, 0.6) is 0 Å². The summed E-state index contributed by atoms with van der Waals surface area (Å²) in [5.41, 5.74) is 3.11. The minimum Gasteiger partial charge on any atom is -0.351 e. The van der Waals surface area contributed by atoms with E-state index in [9.17, 15) is 9.18 Å². The molecule has 1 aliphatic rings. The summed E-state index contributed by atoms with van der Waals surface area (Å²) in [4.78, 5) is 18.5. The molecule has 1 heterocycles. The second kappa shape index (κ2) is 9.97. The molecule has 4 rings (SSSR count). The number of carbonyl (C=O) groups excluding carboxylic acids is 1. The highest BCUT2D eigenvalue weighted by Gasteiger charge is 2.29. The molecule has 1 aliphatic carbocycles. The summed E-state index contributed by atoms with van der Waals surface area (Å²) in [7, 11) is 0. The van der Waals surface area contributed by atoms with Gasteiger partial charge in [0.15, 0.2) is 0 Å². The molecule has 0 spiro atoms.